The Bertz CT molecular complexity index is 1300. The lowest BCUT2D eigenvalue weighted by molar-refractivity contribution is -0.129. The summed E-state index contributed by atoms with van der Waals surface area (Å²) in [5.74, 6) is -0.768. The molecule has 1 aliphatic heterocycles. The van der Waals surface area contributed by atoms with Gasteiger partial charge >= 0.3 is 0 Å². The Labute approximate surface area is 226 Å². The largest absolute Gasteiger partial charge is 0.494 e. The molecule has 1 aliphatic rings. The molecule has 4 rings (SSSR count). The second kappa shape index (κ2) is 12.1. The van der Waals surface area contributed by atoms with Crippen molar-refractivity contribution in [3.05, 3.63) is 88.9 Å². The van der Waals surface area contributed by atoms with Gasteiger partial charge in [-0.1, -0.05) is 29.8 Å². The molecule has 3 N–H and O–H groups in total. The molecule has 0 aliphatic carbocycles. The average molecular weight is 536 g/mol. The van der Waals surface area contributed by atoms with Crippen LogP contribution in [-0.4, -0.2) is 35.5 Å². The SMILES string of the molecule is CC(=O)N(c1ccc(Cl)cc1)[C@H]1c2ccccc2N[C@@H](C)C1C(=O)c1ccc(OCCCC(=O)NO)cc1. The van der Waals surface area contributed by atoms with E-state index in [1.165, 1.54) is 6.92 Å². The molecule has 0 spiro atoms. The Balaban J connectivity index is 1.63. The summed E-state index contributed by atoms with van der Waals surface area (Å²) in [4.78, 5) is 39.9. The van der Waals surface area contributed by atoms with Gasteiger partial charge in [-0.15, -0.1) is 0 Å². The predicted octanol–water partition coefficient (Wildman–Crippen LogP) is 5.41. The molecule has 3 aromatic carbocycles. The van der Waals surface area contributed by atoms with Gasteiger partial charge in [0.15, 0.2) is 5.78 Å². The first-order valence-electron chi connectivity index (χ1n) is 12.4. The minimum Gasteiger partial charge on any atom is -0.494 e. The number of carbonyl (C=O) groups excluding carboxylic acids is 3. The Morgan fingerprint density at radius 1 is 1.03 bits per heavy atom. The number of hydrogen-bond donors (Lipinski definition) is 3. The van der Waals surface area contributed by atoms with E-state index in [1.54, 1.807) is 58.9 Å². The van der Waals surface area contributed by atoms with Crippen molar-refractivity contribution in [2.45, 2.75) is 38.8 Å². The van der Waals surface area contributed by atoms with Crippen LogP contribution in [0.2, 0.25) is 5.02 Å². The maximum absolute atomic E-state index is 14.0. The van der Waals surface area contributed by atoms with E-state index in [2.05, 4.69) is 5.32 Å². The lowest BCUT2D eigenvalue weighted by Gasteiger charge is -2.43. The molecule has 0 fully saturated rings. The fourth-order valence-corrected chi connectivity index (χ4v) is 5.01. The Kier molecular flexibility index (Phi) is 8.66. The topological polar surface area (TPSA) is 108 Å². The highest BCUT2D eigenvalue weighted by Crippen LogP contribution is 2.44. The fraction of sp³-hybridized carbons (Fsp3) is 0.276. The molecule has 0 saturated carbocycles. The van der Waals surface area contributed by atoms with E-state index >= 15 is 0 Å². The van der Waals surface area contributed by atoms with Crippen LogP contribution < -0.4 is 20.4 Å². The molecule has 3 aromatic rings. The smallest absolute Gasteiger partial charge is 0.243 e. The van der Waals surface area contributed by atoms with Crippen molar-refractivity contribution < 1.29 is 24.3 Å². The number of Topliss-reactive ketones (excluding diaryl/α,β-unsaturated/α-hetero) is 1. The maximum atomic E-state index is 14.0. The molecule has 9 heteroatoms. The number of ketones is 1. The molecule has 0 bridgehead atoms. The summed E-state index contributed by atoms with van der Waals surface area (Å²) in [7, 11) is 0. The van der Waals surface area contributed by atoms with Crippen LogP contribution >= 0.6 is 11.6 Å². The Hall–Kier alpha value is -3.88. The van der Waals surface area contributed by atoms with Crippen LogP contribution in [0.25, 0.3) is 0 Å². The third-order valence-electron chi connectivity index (χ3n) is 6.65. The number of nitrogens with zero attached hydrogens (tertiary/aromatic N) is 1. The summed E-state index contributed by atoms with van der Waals surface area (Å²) in [5.41, 5.74) is 4.49. The van der Waals surface area contributed by atoms with E-state index in [9.17, 15) is 14.4 Å². The van der Waals surface area contributed by atoms with E-state index in [1.807, 2.05) is 31.2 Å². The van der Waals surface area contributed by atoms with Crippen molar-refractivity contribution in [3.63, 3.8) is 0 Å². The van der Waals surface area contributed by atoms with Gasteiger partial charge in [0.2, 0.25) is 11.8 Å². The highest BCUT2D eigenvalue weighted by atomic mass is 35.5. The lowest BCUT2D eigenvalue weighted by Crippen LogP contribution is -2.49. The Morgan fingerprint density at radius 3 is 2.37 bits per heavy atom. The molecule has 2 amide bonds. The van der Waals surface area contributed by atoms with Crippen LogP contribution in [0.15, 0.2) is 72.8 Å². The summed E-state index contributed by atoms with van der Waals surface area (Å²) in [6.45, 7) is 3.74. The number of benzene rings is 3. The number of para-hydroxylation sites is 1. The van der Waals surface area contributed by atoms with Gasteiger partial charge in [0.05, 0.1) is 18.6 Å². The summed E-state index contributed by atoms with van der Waals surface area (Å²) < 4.78 is 5.66. The van der Waals surface area contributed by atoms with Gasteiger partial charge in [0.25, 0.3) is 0 Å². The zero-order valence-electron chi connectivity index (χ0n) is 21.2. The number of nitrogens with one attached hydrogen (secondary N) is 2. The Morgan fingerprint density at radius 2 is 1.71 bits per heavy atom. The summed E-state index contributed by atoms with van der Waals surface area (Å²) in [6, 6.07) is 20.8. The second-order valence-corrected chi connectivity index (χ2v) is 9.67. The number of fused-ring (bicyclic) bond motifs is 1. The van der Waals surface area contributed by atoms with Gasteiger partial charge in [-0.05, 0) is 73.5 Å². The second-order valence-electron chi connectivity index (χ2n) is 9.23. The van der Waals surface area contributed by atoms with Crippen LogP contribution in [0, 0.1) is 5.92 Å². The summed E-state index contributed by atoms with van der Waals surface area (Å²) >= 11 is 6.11. The quantitative estimate of drug-likeness (QED) is 0.146. The summed E-state index contributed by atoms with van der Waals surface area (Å²) in [6.07, 6.45) is 0.577. The first-order chi connectivity index (χ1) is 18.3. The van der Waals surface area contributed by atoms with E-state index < -0.39 is 17.9 Å². The van der Waals surface area contributed by atoms with Gasteiger partial charge < -0.3 is 15.0 Å². The third-order valence-corrected chi connectivity index (χ3v) is 6.90. The lowest BCUT2D eigenvalue weighted by atomic mass is 9.77. The number of hydrogen-bond acceptors (Lipinski definition) is 6. The van der Waals surface area contributed by atoms with Crippen molar-refractivity contribution in [2.24, 2.45) is 5.92 Å². The van der Waals surface area contributed by atoms with Crippen molar-refractivity contribution in [3.8, 4) is 5.75 Å². The molecule has 0 aromatic heterocycles. The van der Waals surface area contributed by atoms with E-state index in [4.69, 9.17) is 21.5 Å². The minimum atomic E-state index is -0.576. The highest BCUT2D eigenvalue weighted by Gasteiger charge is 2.44. The first kappa shape index (κ1) is 27.2. The van der Waals surface area contributed by atoms with Crippen molar-refractivity contribution >= 4 is 40.6 Å². The molecule has 1 heterocycles. The molecule has 198 valence electrons. The maximum Gasteiger partial charge on any atom is 0.243 e. The molecule has 0 radical (unpaired) electrons. The van der Waals surface area contributed by atoms with Crippen LogP contribution in [0.3, 0.4) is 0 Å². The van der Waals surface area contributed by atoms with Crippen LogP contribution in [0.5, 0.6) is 5.75 Å². The molecule has 1 unspecified atom stereocenters. The summed E-state index contributed by atoms with van der Waals surface area (Å²) in [5, 5.41) is 12.6. The number of hydroxylamine groups is 1. The number of carbonyl (C=O) groups is 3. The standard InChI is InChI=1S/C29H30ClN3O5/c1-18-27(29(36)20-9-15-23(16-10-20)38-17-5-8-26(35)32-37)28(24-6-3-4-7-25(24)31-18)33(19(2)34)22-13-11-21(30)12-14-22/h3-4,6-7,9-16,18,27-28,31,37H,5,8,17H2,1-2H3,(H,32,35)/t18-,27?,28-/m0/s1. The fourth-order valence-electron chi connectivity index (χ4n) is 4.88. The zero-order valence-corrected chi connectivity index (χ0v) is 21.9. The number of amides is 2. The van der Waals surface area contributed by atoms with Crippen LogP contribution in [-0.2, 0) is 9.59 Å². The number of ether oxygens (including phenoxy) is 1. The highest BCUT2D eigenvalue weighted by molar-refractivity contribution is 6.30. The molecule has 3 atom stereocenters. The average Bonchev–Trinajstić information content (AvgIpc) is 2.92. The molecule has 0 saturated heterocycles. The van der Waals surface area contributed by atoms with E-state index in [0.717, 1.165) is 11.3 Å². The third kappa shape index (κ3) is 5.98. The van der Waals surface area contributed by atoms with Crippen molar-refractivity contribution in [1.29, 1.82) is 0 Å². The van der Waals surface area contributed by atoms with Gasteiger partial charge in [0.1, 0.15) is 5.75 Å². The van der Waals surface area contributed by atoms with Gasteiger partial charge in [0, 0.05) is 41.3 Å². The molecule has 8 nitrogen and oxygen atoms in total. The van der Waals surface area contributed by atoms with Gasteiger partial charge in [-0.2, -0.15) is 0 Å². The first-order valence-corrected chi connectivity index (χ1v) is 12.8. The minimum absolute atomic E-state index is 0.101. The molecule has 38 heavy (non-hydrogen) atoms. The number of halogens is 1. The molecular formula is C29H30ClN3O5. The zero-order chi connectivity index (χ0) is 27.2. The molecular weight excluding hydrogens is 506 g/mol. The van der Waals surface area contributed by atoms with Crippen molar-refractivity contribution in [1.82, 2.24) is 5.48 Å². The van der Waals surface area contributed by atoms with E-state index in [-0.39, 0.29) is 30.8 Å². The van der Waals surface area contributed by atoms with E-state index in [0.29, 0.717) is 28.4 Å². The van der Waals surface area contributed by atoms with Crippen LogP contribution in [0.1, 0.15) is 48.7 Å². The predicted molar refractivity (Wildman–Crippen MR) is 146 cm³/mol. The van der Waals surface area contributed by atoms with Crippen LogP contribution in [0.4, 0.5) is 11.4 Å². The van der Waals surface area contributed by atoms with Gasteiger partial charge in [-0.25, -0.2) is 5.48 Å². The normalized spacial score (nSPS) is 18.1. The number of anilines is 2. The monoisotopic (exact) mass is 535 g/mol. The van der Waals surface area contributed by atoms with Gasteiger partial charge in [-0.3, -0.25) is 19.6 Å². The number of rotatable bonds is 9. The van der Waals surface area contributed by atoms with Crippen molar-refractivity contribution in [2.75, 3.05) is 16.8 Å².